The molecule has 0 amide bonds. The number of likely N-dealkylation sites (tertiary alicyclic amines) is 1. The molecule has 1 aliphatic rings. The molecule has 1 aromatic heterocycles. The van der Waals surface area contributed by atoms with Crippen molar-refractivity contribution in [3.8, 4) is 0 Å². The Morgan fingerprint density at radius 3 is 2.53 bits per heavy atom. The van der Waals surface area contributed by atoms with Crippen LogP contribution in [0.4, 0.5) is 0 Å². The predicted molar refractivity (Wildman–Crippen MR) is 82.6 cm³/mol. The number of thiazole rings is 1. The summed E-state index contributed by atoms with van der Waals surface area (Å²) in [4.78, 5) is 8.49. The summed E-state index contributed by atoms with van der Waals surface area (Å²) in [6.07, 6.45) is 3.76. The van der Waals surface area contributed by atoms with Crippen LogP contribution in [0.2, 0.25) is 0 Å². The Labute approximate surface area is 121 Å². The molecular weight excluding hydrogens is 254 g/mol. The van der Waals surface area contributed by atoms with Crippen LogP contribution in [-0.4, -0.2) is 29.5 Å². The third-order valence-electron chi connectivity index (χ3n) is 3.94. The highest BCUT2D eigenvalue weighted by atomic mass is 32.1. The van der Waals surface area contributed by atoms with Gasteiger partial charge >= 0.3 is 0 Å². The van der Waals surface area contributed by atoms with Gasteiger partial charge in [0.25, 0.3) is 0 Å². The van der Waals surface area contributed by atoms with Crippen LogP contribution in [-0.2, 0) is 12.0 Å². The summed E-state index contributed by atoms with van der Waals surface area (Å²) < 4.78 is 0. The number of rotatable bonds is 4. The van der Waals surface area contributed by atoms with E-state index in [4.69, 9.17) is 5.73 Å². The van der Waals surface area contributed by atoms with Crippen molar-refractivity contribution < 1.29 is 0 Å². The number of piperidine rings is 1. The van der Waals surface area contributed by atoms with Crippen LogP contribution in [0.25, 0.3) is 0 Å². The van der Waals surface area contributed by atoms with Crippen molar-refractivity contribution in [1.82, 2.24) is 9.88 Å². The van der Waals surface area contributed by atoms with Crippen molar-refractivity contribution in [1.29, 1.82) is 0 Å². The lowest BCUT2D eigenvalue weighted by Crippen LogP contribution is -2.34. The van der Waals surface area contributed by atoms with Crippen LogP contribution in [0.3, 0.4) is 0 Å². The number of nitrogens with zero attached hydrogens (tertiary/aromatic N) is 2. The van der Waals surface area contributed by atoms with Gasteiger partial charge in [0.2, 0.25) is 0 Å². The SMILES string of the molecule is Cc1nc(CCN2CCC(C)CC2)sc1C(C)(C)N. The van der Waals surface area contributed by atoms with Crippen LogP contribution in [0.5, 0.6) is 0 Å². The van der Waals surface area contributed by atoms with Gasteiger partial charge in [-0.05, 0) is 52.6 Å². The molecule has 1 saturated heterocycles. The first-order chi connectivity index (χ1) is 8.86. The maximum Gasteiger partial charge on any atom is 0.0944 e. The molecule has 2 N–H and O–H groups in total. The van der Waals surface area contributed by atoms with Gasteiger partial charge in [0.1, 0.15) is 0 Å². The second kappa shape index (κ2) is 5.90. The second-order valence-electron chi connectivity index (χ2n) is 6.52. The molecule has 2 heterocycles. The van der Waals surface area contributed by atoms with E-state index in [1.165, 1.54) is 35.8 Å². The minimum Gasteiger partial charge on any atom is -0.321 e. The Kier molecular flexibility index (Phi) is 4.64. The zero-order chi connectivity index (χ0) is 14.0. The highest BCUT2D eigenvalue weighted by molar-refractivity contribution is 7.11. The smallest absolute Gasteiger partial charge is 0.0944 e. The molecule has 0 aromatic carbocycles. The van der Waals surface area contributed by atoms with Gasteiger partial charge in [0.15, 0.2) is 0 Å². The highest BCUT2D eigenvalue weighted by Gasteiger charge is 2.22. The topological polar surface area (TPSA) is 42.2 Å². The van der Waals surface area contributed by atoms with Gasteiger partial charge in [0, 0.05) is 23.4 Å². The Hall–Kier alpha value is -0.450. The fraction of sp³-hybridized carbons (Fsp3) is 0.800. The summed E-state index contributed by atoms with van der Waals surface area (Å²) >= 11 is 1.79. The van der Waals surface area contributed by atoms with Crippen LogP contribution < -0.4 is 5.73 Å². The van der Waals surface area contributed by atoms with Crippen LogP contribution in [0.1, 0.15) is 49.2 Å². The molecule has 1 fully saturated rings. The maximum atomic E-state index is 6.19. The minimum absolute atomic E-state index is 0.263. The average molecular weight is 281 g/mol. The van der Waals surface area contributed by atoms with Gasteiger partial charge in [-0.2, -0.15) is 0 Å². The summed E-state index contributed by atoms with van der Waals surface area (Å²) in [5.74, 6) is 0.906. The molecule has 1 aliphatic heterocycles. The summed E-state index contributed by atoms with van der Waals surface area (Å²) in [6.45, 7) is 12.2. The van der Waals surface area contributed by atoms with Gasteiger partial charge in [-0.3, -0.25) is 0 Å². The fourth-order valence-corrected chi connectivity index (χ4v) is 3.76. The molecule has 0 radical (unpaired) electrons. The Morgan fingerprint density at radius 1 is 1.37 bits per heavy atom. The van der Waals surface area contributed by atoms with Crippen LogP contribution >= 0.6 is 11.3 Å². The third-order valence-corrected chi connectivity index (χ3v) is 5.50. The lowest BCUT2D eigenvalue weighted by molar-refractivity contribution is 0.194. The fourth-order valence-electron chi connectivity index (χ4n) is 2.70. The monoisotopic (exact) mass is 281 g/mol. The number of nitrogens with two attached hydrogens (primary N) is 1. The Bertz CT molecular complexity index is 412. The molecule has 3 nitrogen and oxygen atoms in total. The van der Waals surface area contributed by atoms with E-state index in [-0.39, 0.29) is 5.54 Å². The zero-order valence-electron chi connectivity index (χ0n) is 12.7. The van der Waals surface area contributed by atoms with Gasteiger partial charge in [0.05, 0.1) is 10.7 Å². The first-order valence-electron chi connectivity index (χ1n) is 7.34. The Morgan fingerprint density at radius 2 is 2.00 bits per heavy atom. The largest absolute Gasteiger partial charge is 0.321 e. The molecule has 0 saturated carbocycles. The average Bonchev–Trinajstić information content (AvgIpc) is 2.70. The van der Waals surface area contributed by atoms with Crippen molar-refractivity contribution in [2.75, 3.05) is 19.6 Å². The van der Waals surface area contributed by atoms with Crippen LogP contribution in [0, 0.1) is 12.8 Å². The van der Waals surface area contributed by atoms with Crippen LogP contribution in [0.15, 0.2) is 0 Å². The highest BCUT2D eigenvalue weighted by Crippen LogP contribution is 2.28. The molecule has 0 unspecified atom stereocenters. The molecule has 4 heteroatoms. The summed E-state index contributed by atoms with van der Waals surface area (Å²) in [6, 6.07) is 0. The molecule has 1 aromatic rings. The normalized spacial score (nSPS) is 19.0. The zero-order valence-corrected chi connectivity index (χ0v) is 13.5. The molecule has 0 bridgehead atoms. The molecule has 0 atom stereocenters. The number of aromatic nitrogens is 1. The molecular formula is C15H27N3S. The number of hydrogen-bond acceptors (Lipinski definition) is 4. The summed E-state index contributed by atoms with van der Waals surface area (Å²) in [7, 11) is 0. The third kappa shape index (κ3) is 4.01. The summed E-state index contributed by atoms with van der Waals surface area (Å²) in [5.41, 5.74) is 7.03. The lowest BCUT2D eigenvalue weighted by atomic mass is 9.99. The van der Waals surface area contributed by atoms with Gasteiger partial charge in [-0.25, -0.2) is 4.98 Å². The van der Waals surface area contributed by atoms with E-state index in [2.05, 4.69) is 37.6 Å². The molecule has 2 rings (SSSR count). The van der Waals surface area contributed by atoms with Crippen molar-refractivity contribution in [2.45, 2.75) is 52.5 Å². The minimum atomic E-state index is -0.263. The Balaban J connectivity index is 1.90. The number of aryl methyl sites for hydroxylation is 1. The van der Waals surface area contributed by atoms with E-state index in [9.17, 15) is 0 Å². The second-order valence-corrected chi connectivity index (χ2v) is 7.60. The maximum absolute atomic E-state index is 6.19. The van der Waals surface area contributed by atoms with Gasteiger partial charge in [-0.15, -0.1) is 11.3 Å². The standard InChI is InChI=1S/C15H27N3S/c1-11-5-8-18(9-6-11)10-7-13-17-12(2)14(19-13)15(3,4)16/h11H,5-10,16H2,1-4H3. The van der Waals surface area contributed by atoms with Gasteiger partial charge < -0.3 is 10.6 Å². The first kappa shape index (κ1) is 14.9. The van der Waals surface area contributed by atoms with Crippen molar-refractivity contribution in [2.24, 2.45) is 11.7 Å². The predicted octanol–water partition coefficient (Wildman–Crippen LogP) is 2.92. The van der Waals surface area contributed by atoms with Gasteiger partial charge in [-0.1, -0.05) is 6.92 Å². The van der Waals surface area contributed by atoms with E-state index in [1.54, 1.807) is 11.3 Å². The van der Waals surface area contributed by atoms with E-state index in [1.807, 2.05) is 0 Å². The molecule has 0 aliphatic carbocycles. The number of hydrogen-bond donors (Lipinski definition) is 1. The quantitative estimate of drug-likeness (QED) is 0.922. The first-order valence-corrected chi connectivity index (χ1v) is 8.16. The van der Waals surface area contributed by atoms with E-state index < -0.39 is 0 Å². The van der Waals surface area contributed by atoms with E-state index in [0.29, 0.717) is 0 Å². The van der Waals surface area contributed by atoms with Crippen molar-refractivity contribution in [3.63, 3.8) is 0 Å². The van der Waals surface area contributed by atoms with Crippen molar-refractivity contribution >= 4 is 11.3 Å². The molecule has 0 spiro atoms. The molecule has 19 heavy (non-hydrogen) atoms. The van der Waals surface area contributed by atoms with Crippen molar-refractivity contribution in [3.05, 3.63) is 15.6 Å². The van der Waals surface area contributed by atoms with E-state index >= 15 is 0 Å². The summed E-state index contributed by atoms with van der Waals surface area (Å²) in [5, 5.41) is 1.24. The molecule has 108 valence electrons. The van der Waals surface area contributed by atoms with E-state index in [0.717, 1.165) is 24.6 Å². The lowest BCUT2D eigenvalue weighted by Gasteiger charge is -2.29.